The Kier molecular flexibility index (Phi) is 4.90. The Labute approximate surface area is 119 Å². The van der Waals surface area contributed by atoms with Crippen LogP contribution in [0.25, 0.3) is 0 Å². The van der Waals surface area contributed by atoms with Crippen molar-refractivity contribution in [1.82, 2.24) is 15.5 Å². The highest BCUT2D eigenvalue weighted by Gasteiger charge is 2.02. The van der Waals surface area contributed by atoms with Crippen molar-refractivity contribution in [2.45, 2.75) is 13.5 Å². The third-order valence-electron chi connectivity index (χ3n) is 2.81. The fraction of sp³-hybridized carbons (Fsp3) is 0.333. The first-order chi connectivity index (χ1) is 9.69. The van der Waals surface area contributed by atoms with Gasteiger partial charge in [0.15, 0.2) is 0 Å². The van der Waals surface area contributed by atoms with Crippen LogP contribution in [0.2, 0.25) is 0 Å². The summed E-state index contributed by atoms with van der Waals surface area (Å²) in [5.74, 6) is 1.26. The Hall–Kier alpha value is -2.14. The van der Waals surface area contributed by atoms with E-state index in [9.17, 15) is 0 Å². The van der Waals surface area contributed by atoms with Gasteiger partial charge in [-0.15, -0.1) is 5.10 Å². The minimum Gasteiger partial charge on any atom is -0.437 e. The summed E-state index contributed by atoms with van der Waals surface area (Å²) in [7, 11) is 3.99. The lowest BCUT2D eigenvalue weighted by atomic mass is 10.3. The van der Waals surface area contributed by atoms with Crippen molar-refractivity contribution in [3.8, 4) is 11.6 Å². The molecule has 0 saturated carbocycles. The predicted molar refractivity (Wildman–Crippen MR) is 80.3 cm³/mol. The molecule has 0 saturated heterocycles. The monoisotopic (exact) mass is 272 g/mol. The second-order valence-electron chi connectivity index (χ2n) is 4.64. The van der Waals surface area contributed by atoms with Gasteiger partial charge in [0.2, 0.25) is 5.88 Å². The van der Waals surface area contributed by atoms with E-state index in [1.807, 2.05) is 55.4 Å². The number of benzene rings is 1. The van der Waals surface area contributed by atoms with Crippen LogP contribution in [0.3, 0.4) is 0 Å². The van der Waals surface area contributed by atoms with Gasteiger partial charge in [-0.25, -0.2) is 0 Å². The van der Waals surface area contributed by atoms with Gasteiger partial charge in [0.25, 0.3) is 0 Å². The second kappa shape index (κ2) is 6.86. The van der Waals surface area contributed by atoms with E-state index in [0.29, 0.717) is 5.88 Å². The number of anilines is 1. The molecular formula is C15H20N4O. The molecule has 0 aliphatic rings. The summed E-state index contributed by atoms with van der Waals surface area (Å²) < 4.78 is 5.71. The standard InChI is InChI=1S/C15H20N4O/c1-4-16-11-12-8-9-15(18-17-12)20-14-7-5-6-13(10-14)19(2)3/h5-10,16H,4,11H2,1-3H3. The molecule has 106 valence electrons. The molecular weight excluding hydrogens is 252 g/mol. The van der Waals surface area contributed by atoms with E-state index in [1.165, 1.54) is 0 Å². The Morgan fingerprint density at radius 1 is 1.15 bits per heavy atom. The molecule has 5 nitrogen and oxygen atoms in total. The van der Waals surface area contributed by atoms with Crippen molar-refractivity contribution in [2.75, 3.05) is 25.5 Å². The van der Waals surface area contributed by atoms with Crippen molar-refractivity contribution in [3.05, 3.63) is 42.1 Å². The molecule has 0 fully saturated rings. The summed E-state index contributed by atoms with van der Waals surface area (Å²) in [5, 5.41) is 11.4. The summed E-state index contributed by atoms with van der Waals surface area (Å²) >= 11 is 0. The van der Waals surface area contributed by atoms with Gasteiger partial charge < -0.3 is 15.0 Å². The Morgan fingerprint density at radius 2 is 2.00 bits per heavy atom. The number of nitrogens with one attached hydrogen (secondary N) is 1. The molecule has 0 radical (unpaired) electrons. The molecule has 1 N–H and O–H groups in total. The van der Waals surface area contributed by atoms with Crippen molar-refractivity contribution < 1.29 is 4.74 Å². The van der Waals surface area contributed by atoms with E-state index >= 15 is 0 Å². The average molecular weight is 272 g/mol. The molecule has 2 aromatic rings. The van der Waals surface area contributed by atoms with E-state index in [-0.39, 0.29) is 0 Å². The van der Waals surface area contributed by atoms with Gasteiger partial charge in [0.05, 0.1) is 5.69 Å². The summed E-state index contributed by atoms with van der Waals surface area (Å²) in [4.78, 5) is 2.03. The number of nitrogens with zero attached hydrogens (tertiary/aromatic N) is 3. The quantitative estimate of drug-likeness (QED) is 0.875. The Bertz CT molecular complexity index is 540. The van der Waals surface area contributed by atoms with Crippen LogP contribution in [0.5, 0.6) is 11.6 Å². The molecule has 0 atom stereocenters. The van der Waals surface area contributed by atoms with E-state index in [0.717, 1.165) is 30.2 Å². The first kappa shape index (κ1) is 14.3. The predicted octanol–water partition coefficient (Wildman–Crippen LogP) is 2.44. The molecule has 1 aromatic heterocycles. The molecule has 0 unspecified atom stereocenters. The lowest BCUT2D eigenvalue weighted by Gasteiger charge is -2.13. The number of hydrogen-bond acceptors (Lipinski definition) is 5. The molecule has 0 aliphatic heterocycles. The fourth-order valence-corrected chi connectivity index (χ4v) is 1.70. The van der Waals surface area contributed by atoms with E-state index in [2.05, 4.69) is 22.4 Å². The molecule has 2 rings (SSSR count). The van der Waals surface area contributed by atoms with Gasteiger partial charge in [0.1, 0.15) is 5.75 Å². The van der Waals surface area contributed by atoms with Gasteiger partial charge in [-0.3, -0.25) is 0 Å². The van der Waals surface area contributed by atoms with Gasteiger partial charge in [0, 0.05) is 38.5 Å². The topological polar surface area (TPSA) is 50.3 Å². The zero-order chi connectivity index (χ0) is 14.4. The van der Waals surface area contributed by atoms with Crippen LogP contribution in [-0.4, -0.2) is 30.8 Å². The minimum absolute atomic E-state index is 0.501. The van der Waals surface area contributed by atoms with Crippen molar-refractivity contribution in [1.29, 1.82) is 0 Å². The van der Waals surface area contributed by atoms with Crippen LogP contribution in [-0.2, 0) is 6.54 Å². The first-order valence-corrected chi connectivity index (χ1v) is 6.67. The molecule has 5 heteroatoms. The van der Waals surface area contributed by atoms with Gasteiger partial charge >= 0.3 is 0 Å². The maximum atomic E-state index is 5.71. The van der Waals surface area contributed by atoms with Gasteiger partial charge in [-0.1, -0.05) is 13.0 Å². The number of rotatable bonds is 6. The SMILES string of the molecule is CCNCc1ccc(Oc2cccc(N(C)C)c2)nn1. The molecule has 0 amide bonds. The molecule has 1 aromatic carbocycles. The molecule has 0 spiro atoms. The second-order valence-corrected chi connectivity index (χ2v) is 4.64. The summed E-state index contributed by atoms with van der Waals surface area (Å²) in [5.41, 5.74) is 1.99. The normalized spacial score (nSPS) is 10.3. The van der Waals surface area contributed by atoms with Crippen LogP contribution in [0.4, 0.5) is 5.69 Å². The zero-order valence-electron chi connectivity index (χ0n) is 12.1. The van der Waals surface area contributed by atoms with Gasteiger partial charge in [-0.2, -0.15) is 5.10 Å². The highest BCUT2D eigenvalue weighted by atomic mass is 16.5. The smallest absolute Gasteiger partial charge is 0.238 e. The maximum Gasteiger partial charge on any atom is 0.238 e. The van der Waals surface area contributed by atoms with E-state index < -0.39 is 0 Å². The summed E-state index contributed by atoms with van der Waals surface area (Å²) in [6, 6.07) is 11.6. The minimum atomic E-state index is 0.501. The summed E-state index contributed by atoms with van der Waals surface area (Å²) in [6.07, 6.45) is 0. The highest BCUT2D eigenvalue weighted by Crippen LogP contribution is 2.23. The summed E-state index contributed by atoms with van der Waals surface area (Å²) in [6.45, 7) is 3.69. The van der Waals surface area contributed by atoms with Crippen molar-refractivity contribution in [2.24, 2.45) is 0 Å². The van der Waals surface area contributed by atoms with Crippen LogP contribution >= 0.6 is 0 Å². The van der Waals surface area contributed by atoms with Crippen LogP contribution in [0.1, 0.15) is 12.6 Å². The van der Waals surface area contributed by atoms with E-state index in [1.54, 1.807) is 0 Å². The van der Waals surface area contributed by atoms with Crippen molar-refractivity contribution >= 4 is 5.69 Å². The lowest BCUT2D eigenvalue weighted by Crippen LogP contribution is -2.13. The highest BCUT2D eigenvalue weighted by molar-refractivity contribution is 5.49. The van der Waals surface area contributed by atoms with Crippen LogP contribution in [0, 0.1) is 0 Å². The Balaban J connectivity index is 2.04. The average Bonchev–Trinajstić information content (AvgIpc) is 2.47. The third kappa shape index (κ3) is 3.93. The zero-order valence-corrected chi connectivity index (χ0v) is 12.1. The van der Waals surface area contributed by atoms with Gasteiger partial charge in [-0.05, 0) is 24.7 Å². The molecule has 20 heavy (non-hydrogen) atoms. The van der Waals surface area contributed by atoms with Crippen LogP contribution < -0.4 is 15.0 Å². The number of aromatic nitrogens is 2. The third-order valence-corrected chi connectivity index (χ3v) is 2.81. The molecule has 0 aliphatic carbocycles. The van der Waals surface area contributed by atoms with Crippen LogP contribution in [0.15, 0.2) is 36.4 Å². The number of ether oxygens (including phenoxy) is 1. The first-order valence-electron chi connectivity index (χ1n) is 6.67. The van der Waals surface area contributed by atoms with E-state index in [4.69, 9.17) is 4.74 Å². The lowest BCUT2D eigenvalue weighted by molar-refractivity contribution is 0.453. The largest absolute Gasteiger partial charge is 0.437 e. The van der Waals surface area contributed by atoms with Crippen molar-refractivity contribution in [3.63, 3.8) is 0 Å². The molecule has 1 heterocycles. The Morgan fingerprint density at radius 3 is 2.65 bits per heavy atom. The molecule has 0 bridgehead atoms. The maximum absolute atomic E-state index is 5.71. The number of hydrogen-bond donors (Lipinski definition) is 1. The fourth-order valence-electron chi connectivity index (χ4n) is 1.70.